The minimum absolute atomic E-state index is 0.377. The zero-order valence-corrected chi connectivity index (χ0v) is 8.59. The molecule has 3 nitrogen and oxygen atoms in total. The lowest BCUT2D eigenvalue weighted by Crippen LogP contribution is -1.92. The lowest BCUT2D eigenvalue weighted by molar-refractivity contribution is 0.405. The molecule has 3 rings (SSSR count). The molecule has 0 saturated heterocycles. The molecule has 0 atom stereocenters. The predicted molar refractivity (Wildman–Crippen MR) is 60.8 cm³/mol. The van der Waals surface area contributed by atoms with Crippen LogP contribution >= 0.6 is 0 Å². The van der Waals surface area contributed by atoms with Crippen molar-refractivity contribution in [1.82, 2.24) is 9.97 Å². The summed E-state index contributed by atoms with van der Waals surface area (Å²) in [5.74, 6) is 0.377. The van der Waals surface area contributed by atoms with E-state index in [0.717, 1.165) is 22.4 Å². The number of fused-ring (bicyclic) bond motifs is 1. The maximum Gasteiger partial charge on any atom is 0.107 e. The first-order valence-corrected chi connectivity index (χ1v) is 5.13. The van der Waals surface area contributed by atoms with Crippen molar-refractivity contribution in [1.29, 1.82) is 0 Å². The third-order valence-electron chi connectivity index (χ3n) is 2.75. The van der Waals surface area contributed by atoms with Crippen LogP contribution in [-0.2, 0) is 6.42 Å². The Balaban J connectivity index is 2.19. The molecule has 0 unspecified atom stereocenters. The molecule has 1 aromatic heterocycles. The lowest BCUT2D eigenvalue weighted by atomic mass is 10.0. The number of hydrogen-bond donors (Lipinski definition) is 1. The van der Waals surface area contributed by atoms with Gasteiger partial charge >= 0.3 is 0 Å². The first kappa shape index (κ1) is 9.09. The van der Waals surface area contributed by atoms with Crippen molar-refractivity contribution in [2.45, 2.75) is 6.42 Å². The summed E-state index contributed by atoms with van der Waals surface area (Å²) in [6.45, 7) is 0. The summed E-state index contributed by atoms with van der Waals surface area (Å²) in [4.78, 5) is 8.26. The van der Waals surface area contributed by atoms with E-state index < -0.39 is 0 Å². The summed E-state index contributed by atoms with van der Waals surface area (Å²) in [6.07, 6.45) is 5.52. The van der Waals surface area contributed by atoms with Crippen LogP contribution < -0.4 is 0 Å². The number of aliphatic hydroxyl groups is 1. The molecule has 1 aromatic carbocycles. The van der Waals surface area contributed by atoms with Gasteiger partial charge in [0.25, 0.3) is 0 Å². The van der Waals surface area contributed by atoms with Crippen molar-refractivity contribution in [3.05, 3.63) is 65.4 Å². The van der Waals surface area contributed by atoms with Gasteiger partial charge in [0.2, 0.25) is 0 Å². The Morgan fingerprint density at radius 3 is 2.81 bits per heavy atom. The van der Waals surface area contributed by atoms with Crippen molar-refractivity contribution in [3.8, 4) is 0 Å². The average molecular weight is 210 g/mol. The topological polar surface area (TPSA) is 46.0 Å². The Kier molecular flexibility index (Phi) is 1.96. The quantitative estimate of drug-likeness (QED) is 0.785. The second-order valence-electron chi connectivity index (χ2n) is 3.75. The molecular weight excluding hydrogens is 200 g/mol. The van der Waals surface area contributed by atoms with Gasteiger partial charge in [-0.05, 0) is 11.1 Å². The van der Waals surface area contributed by atoms with Crippen LogP contribution in [0.4, 0.5) is 0 Å². The summed E-state index contributed by atoms with van der Waals surface area (Å²) in [7, 11) is 0. The van der Waals surface area contributed by atoms with Gasteiger partial charge in [-0.3, -0.25) is 9.97 Å². The molecular formula is C13H10N2O. The van der Waals surface area contributed by atoms with Crippen molar-refractivity contribution in [2.75, 3.05) is 0 Å². The molecule has 1 aliphatic rings. The molecule has 1 N–H and O–H groups in total. The average Bonchev–Trinajstić information content (AvgIpc) is 2.66. The van der Waals surface area contributed by atoms with Crippen LogP contribution in [0.15, 0.2) is 48.6 Å². The zero-order chi connectivity index (χ0) is 11.0. The molecule has 0 spiro atoms. The van der Waals surface area contributed by atoms with E-state index in [2.05, 4.69) is 9.97 Å². The number of aliphatic hydroxyl groups excluding tert-OH is 1. The third-order valence-corrected chi connectivity index (χ3v) is 2.75. The molecule has 0 fully saturated rings. The second-order valence-corrected chi connectivity index (χ2v) is 3.75. The number of benzene rings is 1. The highest BCUT2D eigenvalue weighted by Crippen LogP contribution is 2.34. The van der Waals surface area contributed by atoms with Gasteiger partial charge in [0.15, 0.2) is 0 Å². The van der Waals surface area contributed by atoms with Crippen LogP contribution in [0.2, 0.25) is 0 Å². The third kappa shape index (κ3) is 1.29. The molecule has 78 valence electrons. The fraction of sp³-hybridized carbons (Fsp3) is 0.0769. The summed E-state index contributed by atoms with van der Waals surface area (Å²) < 4.78 is 0. The van der Waals surface area contributed by atoms with Crippen LogP contribution in [0.1, 0.15) is 16.8 Å². The van der Waals surface area contributed by atoms with E-state index in [1.807, 2.05) is 24.3 Å². The van der Waals surface area contributed by atoms with E-state index in [9.17, 15) is 5.11 Å². The minimum atomic E-state index is 0.377. The predicted octanol–water partition coefficient (Wildman–Crippen LogP) is 2.35. The second kappa shape index (κ2) is 3.45. The van der Waals surface area contributed by atoms with Gasteiger partial charge in [0.1, 0.15) is 5.76 Å². The fourth-order valence-electron chi connectivity index (χ4n) is 2.06. The van der Waals surface area contributed by atoms with Gasteiger partial charge in [-0.15, -0.1) is 0 Å². The highest BCUT2D eigenvalue weighted by atomic mass is 16.3. The number of hydrogen-bond acceptors (Lipinski definition) is 3. The molecule has 0 amide bonds. The van der Waals surface area contributed by atoms with Crippen molar-refractivity contribution < 1.29 is 5.11 Å². The van der Waals surface area contributed by atoms with E-state index in [-0.39, 0.29) is 0 Å². The molecule has 0 saturated carbocycles. The molecule has 0 aliphatic heterocycles. The molecule has 1 aliphatic carbocycles. The number of rotatable bonds is 1. The summed E-state index contributed by atoms with van der Waals surface area (Å²) in [5, 5.41) is 9.98. The Morgan fingerprint density at radius 1 is 1.12 bits per heavy atom. The largest absolute Gasteiger partial charge is 0.511 e. The van der Waals surface area contributed by atoms with Gasteiger partial charge in [0, 0.05) is 24.4 Å². The van der Waals surface area contributed by atoms with E-state index in [4.69, 9.17) is 0 Å². The summed E-state index contributed by atoms with van der Waals surface area (Å²) in [5.41, 5.74) is 3.73. The monoisotopic (exact) mass is 210 g/mol. The van der Waals surface area contributed by atoms with Crippen LogP contribution in [-0.4, -0.2) is 15.1 Å². The van der Waals surface area contributed by atoms with Crippen molar-refractivity contribution in [3.63, 3.8) is 0 Å². The lowest BCUT2D eigenvalue weighted by Gasteiger charge is -2.03. The molecule has 0 bridgehead atoms. The first-order valence-electron chi connectivity index (χ1n) is 5.13. The maximum absolute atomic E-state index is 9.98. The van der Waals surface area contributed by atoms with E-state index in [0.29, 0.717) is 12.2 Å². The highest BCUT2D eigenvalue weighted by molar-refractivity contribution is 5.84. The van der Waals surface area contributed by atoms with Crippen LogP contribution in [0.25, 0.3) is 5.57 Å². The maximum atomic E-state index is 9.98. The number of aromatic nitrogens is 2. The Hall–Kier alpha value is -2.16. The van der Waals surface area contributed by atoms with Crippen molar-refractivity contribution >= 4 is 5.57 Å². The summed E-state index contributed by atoms with van der Waals surface area (Å²) >= 11 is 0. The Morgan fingerprint density at radius 2 is 2.00 bits per heavy atom. The molecule has 3 heteroatoms. The molecule has 0 radical (unpaired) electrons. The van der Waals surface area contributed by atoms with E-state index >= 15 is 0 Å². The SMILES string of the molecule is OC1=C(c2cnccn2)c2ccccc2C1. The Bertz CT molecular complexity index is 561. The number of allylic oxidation sites excluding steroid dienone is 1. The van der Waals surface area contributed by atoms with Crippen LogP contribution in [0.5, 0.6) is 0 Å². The van der Waals surface area contributed by atoms with E-state index in [1.54, 1.807) is 18.6 Å². The van der Waals surface area contributed by atoms with Gasteiger partial charge in [-0.25, -0.2) is 0 Å². The number of nitrogens with zero attached hydrogens (tertiary/aromatic N) is 2. The van der Waals surface area contributed by atoms with Gasteiger partial charge < -0.3 is 5.11 Å². The smallest absolute Gasteiger partial charge is 0.107 e. The minimum Gasteiger partial charge on any atom is -0.511 e. The van der Waals surface area contributed by atoms with Gasteiger partial charge in [-0.2, -0.15) is 0 Å². The van der Waals surface area contributed by atoms with E-state index in [1.165, 1.54) is 0 Å². The Labute approximate surface area is 93.1 Å². The fourth-order valence-corrected chi connectivity index (χ4v) is 2.06. The standard InChI is InChI=1S/C13H10N2O/c16-12-7-9-3-1-2-4-10(9)13(12)11-8-14-5-6-15-11/h1-6,8,16H,7H2. The normalized spacial score (nSPS) is 14.0. The van der Waals surface area contributed by atoms with Crippen LogP contribution in [0.3, 0.4) is 0 Å². The first-order chi connectivity index (χ1) is 7.86. The molecule has 1 heterocycles. The van der Waals surface area contributed by atoms with Crippen LogP contribution in [0, 0.1) is 0 Å². The highest BCUT2D eigenvalue weighted by Gasteiger charge is 2.22. The molecule has 16 heavy (non-hydrogen) atoms. The zero-order valence-electron chi connectivity index (χ0n) is 8.59. The molecule has 2 aromatic rings. The summed E-state index contributed by atoms with van der Waals surface area (Å²) in [6, 6.07) is 7.97. The van der Waals surface area contributed by atoms with Gasteiger partial charge in [0.05, 0.1) is 11.9 Å². The van der Waals surface area contributed by atoms with Gasteiger partial charge in [-0.1, -0.05) is 24.3 Å². The van der Waals surface area contributed by atoms with Crippen molar-refractivity contribution in [2.24, 2.45) is 0 Å².